The Bertz CT molecular complexity index is 656. The summed E-state index contributed by atoms with van der Waals surface area (Å²) in [5.41, 5.74) is -0.397. The van der Waals surface area contributed by atoms with Gasteiger partial charge in [-0.1, -0.05) is 90.0 Å². The molecule has 5 N–H and O–H groups in total. The summed E-state index contributed by atoms with van der Waals surface area (Å²) in [6.45, 7) is 25.7. The van der Waals surface area contributed by atoms with Crippen molar-refractivity contribution in [2.24, 2.45) is 34.5 Å². The van der Waals surface area contributed by atoms with Gasteiger partial charge in [0.25, 0.3) is 0 Å². The van der Waals surface area contributed by atoms with E-state index in [0.717, 1.165) is 0 Å². The maximum Gasteiger partial charge on any atom is 0.503 e. The quantitative estimate of drug-likeness (QED) is 0.119. The summed E-state index contributed by atoms with van der Waals surface area (Å²) in [7, 11) is 0. The van der Waals surface area contributed by atoms with Crippen molar-refractivity contribution in [1.82, 2.24) is 0 Å². The average molecular weight is 557 g/mol. The standard InChI is InChI=1S/C12H24O4.C12H24O2.2CH2O3/c1-8(2)10(12(5,6)7-15-14)16-11(13)9(3)4;1-8(2)10(12(5,6)7)14-11(13)9(3)4;2*2-1(3)4/h8-10,14H,7H2,1-6H3;8-10H,1-7H3;2*(H2,2,3,4). The minimum absolute atomic E-state index is 0.00241. The molecule has 2 unspecified atom stereocenters. The van der Waals surface area contributed by atoms with Crippen LogP contribution in [0.15, 0.2) is 0 Å². The van der Waals surface area contributed by atoms with Crippen molar-refractivity contribution in [3.05, 3.63) is 0 Å². The first-order chi connectivity index (χ1) is 16.8. The molecule has 0 heterocycles. The zero-order valence-electron chi connectivity index (χ0n) is 25.3. The predicted octanol–water partition coefficient (Wildman–Crippen LogP) is 6.43. The van der Waals surface area contributed by atoms with E-state index in [1.54, 1.807) is 13.8 Å². The summed E-state index contributed by atoms with van der Waals surface area (Å²) in [6, 6.07) is 0. The molecule has 0 amide bonds. The van der Waals surface area contributed by atoms with Gasteiger partial charge in [-0.25, -0.2) is 14.5 Å². The Labute approximate surface area is 227 Å². The van der Waals surface area contributed by atoms with Crippen molar-refractivity contribution in [2.45, 2.75) is 102 Å². The van der Waals surface area contributed by atoms with E-state index in [1.165, 1.54) is 0 Å². The third-order valence-electron chi connectivity index (χ3n) is 4.70. The van der Waals surface area contributed by atoms with Crippen LogP contribution in [0.4, 0.5) is 9.59 Å². The maximum absolute atomic E-state index is 11.6. The van der Waals surface area contributed by atoms with Crippen molar-refractivity contribution in [2.75, 3.05) is 6.61 Å². The van der Waals surface area contributed by atoms with E-state index in [4.69, 9.17) is 44.7 Å². The predicted molar refractivity (Wildman–Crippen MR) is 142 cm³/mol. The van der Waals surface area contributed by atoms with Crippen LogP contribution >= 0.6 is 0 Å². The highest BCUT2D eigenvalue weighted by Crippen LogP contribution is 2.30. The summed E-state index contributed by atoms with van der Waals surface area (Å²) in [5.74, 6) is 0.0274. The molecule has 0 aliphatic rings. The normalized spacial score (nSPS) is 12.7. The monoisotopic (exact) mass is 556 g/mol. The molecule has 0 aliphatic carbocycles. The Kier molecular flexibility index (Phi) is 22.8. The van der Waals surface area contributed by atoms with E-state index in [9.17, 15) is 9.59 Å². The number of hydrogen-bond donors (Lipinski definition) is 5. The van der Waals surface area contributed by atoms with Gasteiger partial charge in [0, 0.05) is 5.41 Å². The fourth-order valence-corrected chi connectivity index (χ4v) is 3.28. The van der Waals surface area contributed by atoms with Crippen molar-refractivity contribution >= 4 is 24.2 Å². The number of rotatable bonds is 9. The summed E-state index contributed by atoms with van der Waals surface area (Å²) >= 11 is 0. The minimum Gasteiger partial charge on any atom is -0.461 e. The molecule has 0 rings (SSSR count). The lowest BCUT2D eigenvalue weighted by Crippen LogP contribution is -2.41. The molecule has 0 aromatic rings. The number of esters is 2. The van der Waals surface area contributed by atoms with Crippen molar-refractivity contribution < 1.29 is 59.2 Å². The lowest BCUT2D eigenvalue weighted by molar-refractivity contribution is -0.270. The SMILES string of the molecule is CC(C)C(=O)OC(C(C)C)C(C)(C)C.CC(C)C(=O)OC(C(C)C)C(C)(C)COO.O=C(O)O.O=C(O)O. The third-order valence-corrected chi connectivity index (χ3v) is 4.70. The van der Waals surface area contributed by atoms with E-state index in [2.05, 4.69) is 39.5 Å². The number of ether oxygens (including phenoxy) is 2. The summed E-state index contributed by atoms with van der Waals surface area (Å²) in [4.78, 5) is 44.4. The van der Waals surface area contributed by atoms with Crippen molar-refractivity contribution in [1.29, 1.82) is 0 Å². The van der Waals surface area contributed by atoms with Crippen molar-refractivity contribution in [3.63, 3.8) is 0 Å². The van der Waals surface area contributed by atoms with E-state index in [0.29, 0.717) is 5.92 Å². The topological polar surface area (TPSA) is 197 Å². The van der Waals surface area contributed by atoms with Gasteiger partial charge in [0.05, 0.1) is 18.4 Å². The summed E-state index contributed by atoms with van der Waals surface area (Å²) in [6.07, 6.45) is -3.94. The molecule has 12 nitrogen and oxygen atoms in total. The number of carbonyl (C=O) groups is 4. The Hall–Kier alpha value is -2.60. The second kappa shape index (κ2) is 20.4. The molecule has 2 atom stereocenters. The van der Waals surface area contributed by atoms with Crippen LogP contribution in [-0.4, -0.2) is 68.7 Å². The third kappa shape index (κ3) is 25.1. The van der Waals surface area contributed by atoms with Crippen LogP contribution < -0.4 is 0 Å². The highest BCUT2D eigenvalue weighted by molar-refractivity contribution is 5.72. The van der Waals surface area contributed by atoms with Crippen LogP contribution in [0.25, 0.3) is 0 Å². The first-order valence-corrected chi connectivity index (χ1v) is 12.4. The Morgan fingerprint density at radius 3 is 1.05 bits per heavy atom. The molecule has 0 spiro atoms. The second-order valence-electron chi connectivity index (χ2n) is 11.7. The van der Waals surface area contributed by atoms with Gasteiger partial charge >= 0.3 is 24.2 Å². The highest BCUT2D eigenvalue weighted by Gasteiger charge is 2.36. The lowest BCUT2D eigenvalue weighted by Gasteiger charge is -2.35. The molecule has 0 radical (unpaired) electrons. The van der Waals surface area contributed by atoms with Crippen LogP contribution in [0.5, 0.6) is 0 Å². The van der Waals surface area contributed by atoms with E-state index >= 15 is 0 Å². The smallest absolute Gasteiger partial charge is 0.461 e. The molecule has 38 heavy (non-hydrogen) atoms. The zero-order chi connectivity index (χ0) is 31.6. The first kappa shape index (κ1) is 42.5. The van der Waals surface area contributed by atoms with E-state index < -0.39 is 17.7 Å². The molecule has 0 fully saturated rings. The number of carbonyl (C=O) groups excluding carboxylic acids is 2. The molecule has 0 saturated heterocycles. The number of hydrogen-bond acceptors (Lipinski definition) is 8. The minimum atomic E-state index is -1.83. The maximum atomic E-state index is 11.6. The fourth-order valence-electron chi connectivity index (χ4n) is 3.28. The average Bonchev–Trinajstić information content (AvgIpc) is 2.67. The molecule has 0 bridgehead atoms. The summed E-state index contributed by atoms with van der Waals surface area (Å²) < 4.78 is 11.0. The molecular formula is C26H52O12. The Morgan fingerprint density at radius 1 is 0.605 bits per heavy atom. The van der Waals surface area contributed by atoms with Gasteiger partial charge in [0.1, 0.15) is 12.2 Å². The van der Waals surface area contributed by atoms with Gasteiger partial charge < -0.3 is 29.9 Å². The molecule has 0 aliphatic heterocycles. The van der Waals surface area contributed by atoms with Gasteiger partial charge in [-0.3, -0.25) is 14.8 Å². The summed E-state index contributed by atoms with van der Waals surface area (Å²) in [5, 5.41) is 36.4. The van der Waals surface area contributed by atoms with Gasteiger partial charge in [0.2, 0.25) is 0 Å². The largest absolute Gasteiger partial charge is 0.503 e. The van der Waals surface area contributed by atoms with E-state index in [-0.39, 0.29) is 53.9 Å². The molecule has 0 aromatic heterocycles. The fraction of sp³-hybridized carbons (Fsp3) is 0.846. The molecular weight excluding hydrogens is 504 g/mol. The molecule has 0 saturated carbocycles. The van der Waals surface area contributed by atoms with Crippen LogP contribution in [0.3, 0.4) is 0 Å². The first-order valence-electron chi connectivity index (χ1n) is 12.4. The van der Waals surface area contributed by atoms with Crippen molar-refractivity contribution in [3.8, 4) is 0 Å². The van der Waals surface area contributed by atoms with Gasteiger partial charge in [0.15, 0.2) is 0 Å². The van der Waals surface area contributed by atoms with Gasteiger partial charge in [-0.2, -0.15) is 0 Å². The molecule has 228 valence electrons. The van der Waals surface area contributed by atoms with Gasteiger partial charge in [-0.05, 0) is 17.3 Å². The van der Waals surface area contributed by atoms with Crippen LogP contribution in [0.1, 0.15) is 90.0 Å². The zero-order valence-corrected chi connectivity index (χ0v) is 25.3. The van der Waals surface area contributed by atoms with E-state index in [1.807, 2.05) is 41.5 Å². The Morgan fingerprint density at radius 2 is 0.868 bits per heavy atom. The van der Waals surface area contributed by atoms with Crippen LogP contribution in [0, 0.1) is 34.5 Å². The Balaban J connectivity index is -0.000000238. The second-order valence-corrected chi connectivity index (χ2v) is 11.7. The lowest BCUT2D eigenvalue weighted by atomic mass is 9.81. The number of carboxylic acid groups (broad SMARTS) is 4. The molecule has 0 aromatic carbocycles. The highest BCUT2D eigenvalue weighted by atomic mass is 17.1. The molecule has 12 heteroatoms. The van der Waals surface area contributed by atoms with Crippen LogP contribution in [0.2, 0.25) is 0 Å². The van der Waals surface area contributed by atoms with Crippen LogP contribution in [-0.2, 0) is 24.0 Å². The van der Waals surface area contributed by atoms with Gasteiger partial charge in [-0.15, -0.1) is 0 Å².